The van der Waals surface area contributed by atoms with Gasteiger partial charge in [0.15, 0.2) is 6.10 Å². The topological polar surface area (TPSA) is 55.6 Å². The number of ether oxygens (including phenoxy) is 1. The van der Waals surface area contributed by atoms with Crippen molar-refractivity contribution in [3.8, 4) is 5.75 Å². The SMILES string of the molecule is C=CCN1C(=O)C(Cc2ccc(C)c(C)c2)Oc2ccc(N)cc21. The summed E-state index contributed by atoms with van der Waals surface area (Å²) in [6.07, 6.45) is 1.71. The number of fused-ring (bicyclic) bond motifs is 1. The van der Waals surface area contributed by atoms with Crippen LogP contribution in [0.2, 0.25) is 0 Å². The molecule has 0 aliphatic carbocycles. The normalized spacial score (nSPS) is 16.5. The molecule has 0 bridgehead atoms. The van der Waals surface area contributed by atoms with E-state index in [4.69, 9.17) is 10.5 Å². The maximum Gasteiger partial charge on any atom is 0.268 e. The fourth-order valence-corrected chi connectivity index (χ4v) is 2.93. The number of nitrogens with two attached hydrogens (primary N) is 1. The molecule has 1 heterocycles. The maximum absolute atomic E-state index is 12.9. The first-order valence-electron chi connectivity index (χ1n) is 8.04. The average molecular weight is 322 g/mol. The zero-order valence-electron chi connectivity index (χ0n) is 14.1. The van der Waals surface area contributed by atoms with Crippen LogP contribution in [0, 0.1) is 13.8 Å². The maximum atomic E-state index is 12.9. The van der Waals surface area contributed by atoms with E-state index in [-0.39, 0.29) is 5.91 Å². The van der Waals surface area contributed by atoms with Crippen LogP contribution < -0.4 is 15.4 Å². The summed E-state index contributed by atoms with van der Waals surface area (Å²) in [5.74, 6) is 0.616. The number of benzene rings is 2. The van der Waals surface area contributed by atoms with E-state index in [2.05, 4.69) is 38.6 Å². The lowest BCUT2D eigenvalue weighted by Gasteiger charge is -2.34. The first-order chi connectivity index (χ1) is 11.5. The van der Waals surface area contributed by atoms with Gasteiger partial charge in [0.05, 0.1) is 5.69 Å². The molecule has 2 N–H and O–H groups in total. The number of aryl methyl sites for hydroxylation is 2. The van der Waals surface area contributed by atoms with Gasteiger partial charge in [-0.3, -0.25) is 4.79 Å². The van der Waals surface area contributed by atoms with Crippen LogP contribution >= 0.6 is 0 Å². The van der Waals surface area contributed by atoms with Crippen LogP contribution in [0.15, 0.2) is 49.1 Å². The van der Waals surface area contributed by atoms with E-state index in [0.29, 0.717) is 30.1 Å². The molecule has 1 aliphatic heterocycles. The molecule has 4 heteroatoms. The quantitative estimate of drug-likeness (QED) is 0.693. The van der Waals surface area contributed by atoms with Crippen molar-refractivity contribution in [1.82, 2.24) is 0 Å². The second-order valence-corrected chi connectivity index (χ2v) is 6.19. The summed E-state index contributed by atoms with van der Waals surface area (Å²) in [5.41, 5.74) is 10.7. The van der Waals surface area contributed by atoms with Crippen LogP contribution in [0.3, 0.4) is 0 Å². The Balaban J connectivity index is 1.92. The Morgan fingerprint density at radius 2 is 2.00 bits per heavy atom. The minimum atomic E-state index is -0.539. The molecule has 0 fully saturated rings. The van der Waals surface area contributed by atoms with Crippen molar-refractivity contribution in [3.05, 3.63) is 65.7 Å². The molecule has 0 spiro atoms. The molecule has 1 unspecified atom stereocenters. The van der Waals surface area contributed by atoms with Crippen LogP contribution in [-0.4, -0.2) is 18.6 Å². The number of rotatable bonds is 4. The molecular weight excluding hydrogens is 300 g/mol. The van der Waals surface area contributed by atoms with Crippen molar-refractivity contribution in [2.75, 3.05) is 17.2 Å². The largest absolute Gasteiger partial charge is 0.478 e. The number of nitrogens with zero attached hydrogens (tertiary/aromatic N) is 1. The van der Waals surface area contributed by atoms with E-state index in [0.717, 1.165) is 5.56 Å². The number of amides is 1. The molecule has 1 aliphatic rings. The Morgan fingerprint density at radius 3 is 2.71 bits per heavy atom. The van der Waals surface area contributed by atoms with E-state index >= 15 is 0 Å². The van der Waals surface area contributed by atoms with E-state index < -0.39 is 6.10 Å². The van der Waals surface area contributed by atoms with Gasteiger partial charge in [0.1, 0.15) is 5.75 Å². The summed E-state index contributed by atoms with van der Waals surface area (Å²) in [6.45, 7) is 8.33. The van der Waals surface area contributed by atoms with Crippen molar-refractivity contribution in [3.63, 3.8) is 0 Å². The molecule has 0 aromatic heterocycles. The lowest BCUT2D eigenvalue weighted by atomic mass is 10.0. The molecule has 124 valence electrons. The summed E-state index contributed by atoms with van der Waals surface area (Å²) >= 11 is 0. The van der Waals surface area contributed by atoms with Gasteiger partial charge in [-0.15, -0.1) is 6.58 Å². The summed E-state index contributed by atoms with van der Waals surface area (Å²) < 4.78 is 5.97. The molecular formula is C20H22N2O2. The third-order valence-electron chi connectivity index (χ3n) is 4.39. The lowest BCUT2D eigenvalue weighted by Crippen LogP contribution is -2.47. The van der Waals surface area contributed by atoms with Gasteiger partial charge >= 0.3 is 0 Å². The molecule has 0 radical (unpaired) electrons. The van der Waals surface area contributed by atoms with Gasteiger partial charge in [0.25, 0.3) is 5.91 Å². The second kappa shape index (κ2) is 6.40. The Hall–Kier alpha value is -2.75. The first kappa shape index (κ1) is 16.1. The summed E-state index contributed by atoms with van der Waals surface area (Å²) in [5, 5.41) is 0. The Bertz CT molecular complexity index is 798. The minimum absolute atomic E-state index is 0.0637. The Labute approximate surface area is 142 Å². The van der Waals surface area contributed by atoms with E-state index in [1.807, 2.05) is 6.07 Å². The molecule has 0 saturated carbocycles. The standard InChI is InChI=1S/C20H22N2O2/c1-4-9-22-17-12-16(21)7-8-18(17)24-19(20(22)23)11-15-6-5-13(2)14(3)10-15/h4-8,10,12,19H,1,9,11,21H2,2-3H3. The van der Waals surface area contributed by atoms with Crippen LogP contribution in [0.1, 0.15) is 16.7 Å². The number of anilines is 2. The molecule has 1 amide bonds. The Morgan fingerprint density at radius 1 is 1.21 bits per heavy atom. The van der Waals surface area contributed by atoms with Gasteiger partial charge in [0, 0.05) is 18.7 Å². The summed E-state index contributed by atoms with van der Waals surface area (Å²) in [6, 6.07) is 11.6. The second-order valence-electron chi connectivity index (χ2n) is 6.19. The van der Waals surface area contributed by atoms with Crippen molar-refractivity contribution in [2.45, 2.75) is 26.4 Å². The predicted molar refractivity (Wildman–Crippen MR) is 97.4 cm³/mol. The van der Waals surface area contributed by atoms with Crippen LogP contribution in [-0.2, 0) is 11.2 Å². The van der Waals surface area contributed by atoms with Crippen LogP contribution in [0.4, 0.5) is 11.4 Å². The van der Waals surface area contributed by atoms with Gasteiger partial charge in [-0.25, -0.2) is 0 Å². The fourth-order valence-electron chi connectivity index (χ4n) is 2.93. The van der Waals surface area contributed by atoms with Gasteiger partial charge < -0.3 is 15.4 Å². The highest BCUT2D eigenvalue weighted by molar-refractivity contribution is 6.00. The predicted octanol–water partition coefficient (Wildman–Crippen LogP) is 3.41. The van der Waals surface area contributed by atoms with Crippen LogP contribution in [0.5, 0.6) is 5.75 Å². The fraction of sp³-hybridized carbons (Fsp3) is 0.250. The first-order valence-corrected chi connectivity index (χ1v) is 8.04. The highest BCUT2D eigenvalue weighted by atomic mass is 16.5. The molecule has 3 rings (SSSR count). The number of carbonyl (C=O) groups excluding carboxylic acids is 1. The lowest BCUT2D eigenvalue weighted by molar-refractivity contribution is -0.126. The van der Waals surface area contributed by atoms with E-state index in [9.17, 15) is 4.79 Å². The van der Waals surface area contributed by atoms with Gasteiger partial charge in [-0.05, 0) is 48.7 Å². The Kier molecular flexibility index (Phi) is 4.30. The highest BCUT2D eigenvalue weighted by Gasteiger charge is 2.34. The smallest absolute Gasteiger partial charge is 0.268 e. The zero-order chi connectivity index (χ0) is 17.3. The number of hydrogen-bond donors (Lipinski definition) is 1. The average Bonchev–Trinajstić information content (AvgIpc) is 2.55. The third kappa shape index (κ3) is 3.00. The highest BCUT2D eigenvalue weighted by Crippen LogP contribution is 2.36. The van der Waals surface area contributed by atoms with E-state index in [1.165, 1.54) is 11.1 Å². The summed E-state index contributed by atoms with van der Waals surface area (Å²) in [4.78, 5) is 14.5. The van der Waals surface area contributed by atoms with Gasteiger partial charge in [-0.1, -0.05) is 24.3 Å². The van der Waals surface area contributed by atoms with Crippen molar-refractivity contribution in [2.24, 2.45) is 0 Å². The number of carbonyl (C=O) groups is 1. The molecule has 1 atom stereocenters. The minimum Gasteiger partial charge on any atom is -0.478 e. The van der Waals surface area contributed by atoms with Crippen LogP contribution in [0.25, 0.3) is 0 Å². The van der Waals surface area contributed by atoms with Gasteiger partial charge in [0.2, 0.25) is 0 Å². The molecule has 24 heavy (non-hydrogen) atoms. The molecule has 4 nitrogen and oxygen atoms in total. The van der Waals surface area contributed by atoms with Crippen molar-refractivity contribution in [1.29, 1.82) is 0 Å². The molecule has 2 aromatic rings. The van der Waals surface area contributed by atoms with Crippen molar-refractivity contribution < 1.29 is 9.53 Å². The third-order valence-corrected chi connectivity index (χ3v) is 4.39. The molecule has 2 aromatic carbocycles. The van der Waals surface area contributed by atoms with Gasteiger partial charge in [-0.2, -0.15) is 0 Å². The molecule has 0 saturated heterocycles. The monoisotopic (exact) mass is 322 g/mol. The van der Waals surface area contributed by atoms with E-state index in [1.54, 1.807) is 23.1 Å². The zero-order valence-corrected chi connectivity index (χ0v) is 14.1. The number of nitrogen functional groups attached to an aromatic ring is 1. The van der Waals surface area contributed by atoms with Crippen molar-refractivity contribution >= 4 is 17.3 Å². The number of hydrogen-bond acceptors (Lipinski definition) is 3. The summed E-state index contributed by atoms with van der Waals surface area (Å²) in [7, 11) is 0.